The number of fused-ring (bicyclic) bond motifs is 3. The molecule has 0 saturated heterocycles. The van der Waals surface area contributed by atoms with Gasteiger partial charge < -0.3 is 26.7 Å². The lowest BCUT2D eigenvalue weighted by Crippen LogP contribution is -2.67. The molecule has 0 saturated carbocycles. The van der Waals surface area contributed by atoms with Crippen LogP contribution in [0.5, 0.6) is 0 Å². The van der Waals surface area contributed by atoms with Gasteiger partial charge in [0.05, 0.1) is 28.0 Å². The molecule has 242 valence electrons. The predicted octanol–water partition coefficient (Wildman–Crippen LogP) is 5.55. The highest BCUT2D eigenvalue weighted by Gasteiger charge is 2.46. The lowest BCUT2D eigenvalue weighted by molar-refractivity contribution is -0.137. The van der Waals surface area contributed by atoms with Crippen LogP contribution in [0.15, 0.2) is 36.4 Å². The van der Waals surface area contributed by atoms with Crippen LogP contribution in [-0.2, 0) is 33.6 Å². The van der Waals surface area contributed by atoms with Gasteiger partial charge in [-0.1, -0.05) is 94.2 Å². The maximum absolute atomic E-state index is 14.3. The number of rotatable bonds is 12. The third-order valence-electron chi connectivity index (χ3n) is 9.02. The smallest absolute Gasteiger partial charge is 0.246 e. The van der Waals surface area contributed by atoms with Crippen molar-refractivity contribution in [1.29, 1.82) is 0 Å². The van der Waals surface area contributed by atoms with Crippen LogP contribution in [0.25, 0.3) is 10.9 Å². The van der Waals surface area contributed by atoms with E-state index in [-0.39, 0.29) is 41.7 Å². The average Bonchev–Trinajstić information content (AvgIpc) is 3.36. The first-order valence-corrected chi connectivity index (χ1v) is 16.4. The number of aromatic amines is 1. The van der Waals surface area contributed by atoms with E-state index >= 15 is 0 Å². The molecule has 0 spiro atoms. The number of amides is 3. The molecule has 5 atom stereocenters. The van der Waals surface area contributed by atoms with Crippen molar-refractivity contribution in [2.24, 2.45) is 17.6 Å². The quantitative estimate of drug-likeness (QED) is 0.161. The maximum atomic E-state index is 14.3. The van der Waals surface area contributed by atoms with Crippen molar-refractivity contribution in [3.63, 3.8) is 0 Å². The van der Waals surface area contributed by atoms with Gasteiger partial charge >= 0.3 is 0 Å². The van der Waals surface area contributed by atoms with Gasteiger partial charge in [-0.15, -0.1) is 0 Å². The van der Waals surface area contributed by atoms with Gasteiger partial charge in [0.2, 0.25) is 17.7 Å². The SMILES string of the molecule is CCC(C)[C@H](NC(=O)Cc1ccccc1F)C(=O)N[C@]1(C(=O)N[C@H](C(N)=S)C(C)CC)CCc2[nH]c3c(Cl)cc(Cl)cc3c2C1. The second-order valence-electron chi connectivity index (χ2n) is 12.1. The zero-order valence-electron chi connectivity index (χ0n) is 25.9. The zero-order valence-corrected chi connectivity index (χ0v) is 28.2. The zero-order chi connectivity index (χ0) is 33.1. The summed E-state index contributed by atoms with van der Waals surface area (Å²) in [6, 6.07) is 7.87. The molecule has 12 heteroatoms. The molecule has 2 unspecified atom stereocenters. The van der Waals surface area contributed by atoms with E-state index in [1.807, 2.05) is 27.7 Å². The summed E-state index contributed by atoms with van der Waals surface area (Å²) in [7, 11) is 0. The number of aromatic nitrogens is 1. The van der Waals surface area contributed by atoms with Crippen LogP contribution in [-0.4, -0.2) is 45.3 Å². The van der Waals surface area contributed by atoms with E-state index in [1.54, 1.807) is 24.3 Å². The Labute approximate surface area is 278 Å². The van der Waals surface area contributed by atoms with Crippen molar-refractivity contribution in [1.82, 2.24) is 20.9 Å². The maximum Gasteiger partial charge on any atom is 0.246 e. The highest BCUT2D eigenvalue weighted by molar-refractivity contribution is 7.80. The molecular weight excluding hydrogens is 636 g/mol. The highest BCUT2D eigenvalue weighted by atomic mass is 35.5. The van der Waals surface area contributed by atoms with Crippen molar-refractivity contribution in [3.8, 4) is 0 Å². The molecule has 1 aliphatic carbocycles. The van der Waals surface area contributed by atoms with Gasteiger partial charge in [0.25, 0.3) is 0 Å². The minimum Gasteiger partial charge on any atom is -0.392 e. The molecule has 0 radical (unpaired) electrons. The number of aryl methyl sites for hydroxylation is 1. The number of hydrogen-bond acceptors (Lipinski definition) is 4. The predicted molar refractivity (Wildman–Crippen MR) is 181 cm³/mol. The number of hydrogen-bond donors (Lipinski definition) is 5. The molecule has 3 amide bonds. The molecule has 1 heterocycles. The Kier molecular flexibility index (Phi) is 11.2. The van der Waals surface area contributed by atoms with Crippen LogP contribution >= 0.6 is 35.4 Å². The minimum atomic E-state index is -1.41. The number of nitrogens with one attached hydrogen (secondary N) is 4. The average molecular weight is 677 g/mol. The largest absolute Gasteiger partial charge is 0.392 e. The van der Waals surface area contributed by atoms with Crippen molar-refractivity contribution in [3.05, 3.63) is 69.1 Å². The van der Waals surface area contributed by atoms with Crippen molar-refractivity contribution >= 4 is 69.0 Å². The molecule has 0 bridgehead atoms. The molecular formula is C33H40Cl2FN5O3S. The standard InChI is InChI=1S/C33H40Cl2FN5O3S/c1-5-17(3)27(30(37)45)40-32(44)33(12-11-25-22(16-33)21-14-20(34)15-23(35)29(21)38-25)41-31(43)28(18(4)6-2)39-26(42)13-19-9-7-8-10-24(19)36/h7-10,14-15,17-18,27-28,38H,5-6,11-13,16H2,1-4H3,(H2,37,45)(H,39,42)(H,40,44)(H,41,43)/t17?,18?,27-,28-,33+/m0/s1. The molecule has 3 aromatic rings. The molecule has 2 aromatic carbocycles. The van der Waals surface area contributed by atoms with Gasteiger partial charge in [0, 0.05) is 22.5 Å². The fourth-order valence-electron chi connectivity index (χ4n) is 5.89. The van der Waals surface area contributed by atoms with E-state index in [0.717, 1.165) is 23.1 Å². The Morgan fingerprint density at radius 3 is 2.38 bits per heavy atom. The molecule has 0 aliphatic heterocycles. The Bertz CT molecular complexity index is 1610. The van der Waals surface area contributed by atoms with Gasteiger partial charge in [-0.3, -0.25) is 14.4 Å². The Hall–Kier alpha value is -3.21. The second kappa shape index (κ2) is 14.5. The first-order valence-electron chi connectivity index (χ1n) is 15.2. The van der Waals surface area contributed by atoms with Crippen molar-refractivity contribution < 1.29 is 18.8 Å². The molecule has 1 aliphatic rings. The van der Waals surface area contributed by atoms with E-state index in [2.05, 4.69) is 20.9 Å². The van der Waals surface area contributed by atoms with Crippen molar-refractivity contribution in [2.45, 2.75) is 83.8 Å². The van der Waals surface area contributed by atoms with E-state index in [4.69, 9.17) is 41.2 Å². The van der Waals surface area contributed by atoms with Gasteiger partial charge in [-0.25, -0.2) is 4.39 Å². The number of benzene rings is 2. The fourth-order valence-corrected chi connectivity index (χ4v) is 6.72. The van der Waals surface area contributed by atoms with Crippen LogP contribution in [0.4, 0.5) is 4.39 Å². The topological polar surface area (TPSA) is 129 Å². The lowest BCUT2D eigenvalue weighted by Gasteiger charge is -2.40. The van der Waals surface area contributed by atoms with E-state index in [0.29, 0.717) is 28.4 Å². The summed E-state index contributed by atoms with van der Waals surface area (Å²) in [4.78, 5) is 45.1. The van der Waals surface area contributed by atoms with Crippen LogP contribution < -0.4 is 21.7 Å². The lowest BCUT2D eigenvalue weighted by atomic mass is 9.78. The third-order valence-corrected chi connectivity index (χ3v) is 9.79. The van der Waals surface area contributed by atoms with Gasteiger partial charge in [0.15, 0.2) is 0 Å². The summed E-state index contributed by atoms with van der Waals surface area (Å²) in [5, 5.41) is 10.5. The number of H-pyrrole nitrogens is 1. The first kappa shape index (κ1) is 34.7. The minimum absolute atomic E-state index is 0.0467. The molecule has 8 nitrogen and oxygen atoms in total. The molecule has 4 rings (SSSR count). The summed E-state index contributed by atoms with van der Waals surface area (Å²) >= 11 is 18.2. The summed E-state index contributed by atoms with van der Waals surface area (Å²) in [6.45, 7) is 7.67. The Morgan fingerprint density at radius 1 is 1.07 bits per heavy atom. The number of carbonyl (C=O) groups is 3. The Morgan fingerprint density at radius 2 is 1.73 bits per heavy atom. The second-order valence-corrected chi connectivity index (χ2v) is 13.4. The summed E-state index contributed by atoms with van der Waals surface area (Å²) in [5.74, 6) is -2.29. The van der Waals surface area contributed by atoms with Gasteiger partial charge in [-0.05, 0) is 54.0 Å². The van der Waals surface area contributed by atoms with Gasteiger partial charge in [-0.2, -0.15) is 0 Å². The summed E-state index contributed by atoms with van der Waals surface area (Å²) in [5.41, 5.74) is 7.29. The number of thiocarbonyl (C=S) groups is 1. The summed E-state index contributed by atoms with van der Waals surface area (Å²) in [6.07, 6.45) is 1.88. The van der Waals surface area contributed by atoms with Crippen molar-refractivity contribution in [2.75, 3.05) is 0 Å². The van der Waals surface area contributed by atoms with Crippen LogP contribution in [0.2, 0.25) is 10.0 Å². The monoisotopic (exact) mass is 675 g/mol. The third kappa shape index (κ3) is 7.61. The molecule has 6 N–H and O–H groups in total. The molecule has 0 fully saturated rings. The van der Waals surface area contributed by atoms with E-state index < -0.39 is 41.2 Å². The van der Waals surface area contributed by atoms with Crippen LogP contribution in [0.3, 0.4) is 0 Å². The van der Waals surface area contributed by atoms with Crippen LogP contribution in [0, 0.1) is 17.7 Å². The number of nitrogens with two attached hydrogens (primary N) is 1. The van der Waals surface area contributed by atoms with E-state index in [9.17, 15) is 18.8 Å². The normalized spacial score (nSPS) is 18.7. The molecule has 45 heavy (non-hydrogen) atoms. The fraction of sp³-hybridized carbons (Fsp3) is 0.455. The van der Waals surface area contributed by atoms with Gasteiger partial charge in [0.1, 0.15) is 17.4 Å². The van der Waals surface area contributed by atoms with Crippen LogP contribution in [0.1, 0.15) is 63.8 Å². The molecule has 1 aromatic heterocycles. The Balaban J connectivity index is 1.70. The van der Waals surface area contributed by atoms with E-state index in [1.165, 1.54) is 12.1 Å². The first-order chi connectivity index (χ1) is 21.3. The number of halogens is 3. The summed E-state index contributed by atoms with van der Waals surface area (Å²) < 4.78 is 14.3. The highest BCUT2D eigenvalue weighted by Crippen LogP contribution is 2.38. The number of carbonyl (C=O) groups excluding carboxylic acids is 3.